The van der Waals surface area contributed by atoms with E-state index < -0.39 is 0 Å². The molecule has 0 saturated heterocycles. The van der Waals surface area contributed by atoms with Gasteiger partial charge < -0.3 is 5.32 Å². The molecule has 78 valence electrons. The smallest absolute Gasteiger partial charge is 0.157 e. The van der Waals surface area contributed by atoms with Crippen LogP contribution in [-0.4, -0.2) is 5.78 Å². The van der Waals surface area contributed by atoms with Crippen LogP contribution >= 0.6 is 0 Å². The largest absolute Gasteiger partial charge is 0.359 e. The summed E-state index contributed by atoms with van der Waals surface area (Å²) in [6.45, 7) is 2.06. The number of ketones is 1. The molecule has 2 rings (SSSR count). The van der Waals surface area contributed by atoms with Crippen LogP contribution in [0.3, 0.4) is 0 Å². The molecular formula is C13H15NO. The van der Waals surface area contributed by atoms with Crippen LogP contribution in [0.4, 0.5) is 5.69 Å². The summed E-state index contributed by atoms with van der Waals surface area (Å²) in [5.74, 6) is 0.233. The van der Waals surface area contributed by atoms with E-state index in [0.717, 1.165) is 24.2 Å². The molecule has 2 heteroatoms. The molecule has 1 N–H and O–H groups in total. The maximum atomic E-state index is 11.2. The van der Waals surface area contributed by atoms with Gasteiger partial charge >= 0.3 is 0 Å². The number of hydrogen-bond donors (Lipinski definition) is 1. The van der Waals surface area contributed by atoms with E-state index >= 15 is 0 Å². The lowest BCUT2D eigenvalue weighted by molar-refractivity contribution is -0.115. The maximum absolute atomic E-state index is 11.2. The molecule has 0 aromatic heterocycles. The van der Waals surface area contributed by atoms with Crippen molar-refractivity contribution in [3.8, 4) is 0 Å². The Morgan fingerprint density at radius 1 is 1.27 bits per heavy atom. The summed E-state index contributed by atoms with van der Waals surface area (Å²) in [6.07, 6.45) is 4.36. The third kappa shape index (κ3) is 2.69. The van der Waals surface area contributed by atoms with Crippen molar-refractivity contribution in [1.29, 1.82) is 0 Å². The fourth-order valence-corrected chi connectivity index (χ4v) is 1.80. The summed E-state index contributed by atoms with van der Waals surface area (Å²) in [5.41, 5.74) is 3.33. The number of carbonyl (C=O) groups is 1. The van der Waals surface area contributed by atoms with Crippen LogP contribution in [0.2, 0.25) is 0 Å². The van der Waals surface area contributed by atoms with Crippen molar-refractivity contribution in [2.45, 2.75) is 26.2 Å². The minimum Gasteiger partial charge on any atom is -0.359 e. The minimum atomic E-state index is 0.233. The van der Waals surface area contributed by atoms with Crippen LogP contribution in [0.1, 0.15) is 24.8 Å². The van der Waals surface area contributed by atoms with Gasteiger partial charge in [-0.15, -0.1) is 0 Å². The molecule has 2 nitrogen and oxygen atoms in total. The summed E-state index contributed by atoms with van der Waals surface area (Å²) in [5, 5.41) is 3.29. The fourth-order valence-electron chi connectivity index (χ4n) is 1.80. The van der Waals surface area contributed by atoms with E-state index in [4.69, 9.17) is 0 Å². The second-order valence-electron chi connectivity index (χ2n) is 3.98. The third-order valence-electron chi connectivity index (χ3n) is 2.53. The van der Waals surface area contributed by atoms with Crippen molar-refractivity contribution in [3.05, 3.63) is 41.6 Å². The van der Waals surface area contributed by atoms with Crippen LogP contribution in [0.25, 0.3) is 0 Å². The molecule has 0 spiro atoms. The molecule has 0 unspecified atom stereocenters. The zero-order valence-corrected chi connectivity index (χ0v) is 8.92. The number of aryl methyl sites for hydroxylation is 1. The molecule has 15 heavy (non-hydrogen) atoms. The van der Waals surface area contributed by atoms with E-state index in [1.165, 1.54) is 5.56 Å². The fraction of sp³-hybridized carbons (Fsp3) is 0.308. The maximum Gasteiger partial charge on any atom is 0.157 e. The van der Waals surface area contributed by atoms with E-state index in [9.17, 15) is 4.79 Å². The molecule has 1 aromatic carbocycles. The zero-order valence-electron chi connectivity index (χ0n) is 8.92. The number of nitrogens with one attached hydrogen (secondary N) is 1. The lowest BCUT2D eigenvalue weighted by atomic mass is 10.0. The molecule has 0 fully saturated rings. The standard InChI is InChI=1S/C13H15NO/c1-10-4-2-5-11(8-10)14-12-6-3-7-13(15)9-12/h2,4-5,8-9,14H,3,6-7H2,1H3. The van der Waals surface area contributed by atoms with E-state index in [1.807, 2.05) is 12.1 Å². The summed E-state index contributed by atoms with van der Waals surface area (Å²) >= 11 is 0. The second kappa shape index (κ2) is 4.30. The quantitative estimate of drug-likeness (QED) is 0.796. The van der Waals surface area contributed by atoms with E-state index in [-0.39, 0.29) is 5.78 Å². The van der Waals surface area contributed by atoms with Crippen molar-refractivity contribution in [3.63, 3.8) is 0 Å². The highest BCUT2D eigenvalue weighted by atomic mass is 16.1. The van der Waals surface area contributed by atoms with Gasteiger partial charge in [0.2, 0.25) is 0 Å². The van der Waals surface area contributed by atoms with Crippen LogP contribution in [0.5, 0.6) is 0 Å². The number of anilines is 1. The first-order valence-electron chi connectivity index (χ1n) is 5.31. The van der Waals surface area contributed by atoms with Crippen LogP contribution in [-0.2, 0) is 4.79 Å². The van der Waals surface area contributed by atoms with E-state index in [2.05, 4.69) is 24.4 Å². The minimum absolute atomic E-state index is 0.233. The van der Waals surface area contributed by atoms with Gasteiger partial charge in [-0.25, -0.2) is 0 Å². The third-order valence-corrected chi connectivity index (χ3v) is 2.53. The Morgan fingerprint density at radius 2 is 2.13 bits per heavy atom. The average Bonchev–Trinajstić information content (AvgIpc) is 2.17. The first-order chi connectivity index (χ1) is 7.24. The van der Waals surface area contributed by atoms with E-state index in [0.29, 0.717) is 6.42 Å². The predicted molar refractivity (Wildman–Crippen MR) is 61.7 cm³/mol. The monoisotopic (exact) mass is 201 g/mol. The first-order valence-corrected chi connectivity index (χ1v) is 5.31. The topological polar surface area (TPSA) is 29.1 Å². The molecule has 0 radical (unpaired) electrons. The summed E-state index contributed by atoms with van der Waals surface area (Å²) in [6, 6.07) is 8.18. The Hall–Kier alpha value is -1.57. The molecule has 1 aromatic rings. The summed E-state index contributed by atoms with van der Waals surface area (Å²) in [7, 11) is 0. The van der Waals surface area contributed by atoms with Crippen LogP contribution < -0.4 is 5.32 Å². The van der Waals surface area contributed by atoms with Gasteiger partial charge in [-0.2, -0.15) is 0 Å². The van der Waals surface area contributed by atoms with Gasteiger partial charge in [0.15, 0.2) is 5.78 Å². The predicted octanol–water partition coefficient (Wildman–Crippen LogP) is 3.04. The lowest BCUT2D eigenvalue weighted by Gasteiger charge is -2.14. The van der Waals surface area contributed by atoms with Crippen molar-refractivity contribution in [2.75, 3.05) is 5.32 Å². The zero-order chi connectivity index (χ0) is 10.7. The molecule has 1 aliphatic carbocycles. The molecule has 1 aliphatic rings. The number of rotatable bonds is 2. The Morgan fingerprint density at radius 3 is 2.87 bits per heavy atom. The summed E-state index contributed by atoms with van der Waals surface area (Å²) in [4.78, 5) is 11.2. The molecule has 0 bridgehead atoms. The Kier molecular flexibility index (Phi) is 2.86. The number of benzene rings is 1. The Bertz CT molecular complexity index is 407. The van der Waals surface area contributed by atoms with Crippen molar-refractivity contribution in [2.24, 2.45) is 0 Å². The average molecular weight is 201 g/mol. The van der Waals surface area contributed by atoms with Crippen molar-refractivity contribution in [1.82, 2.24) is 0 Å². The summed E-state index contributed by atoms with van der Waals surface area (Å²) < 4.78 is 0. The molecule has 0 amide bonds. The highest BCUT2D eigenvalue weighted by Crippen LogP contribution is 2.19. The van der Waals surface area contributed by atoms with Gasteiger partial charge in [0, 0.05) is 23.9 Å². The van der Waals surface area contributed by atoms with Gasteiger partial charge in [-0.05, 0) is 37.5 Å². The molecule has 0 saturated carbocycles. The van der Waals surface area contributed by atoms with Gasteiger partial charge in [-0.1, -0.05) is 12.1 Å². The second-order valence-corrected chi connectivity index (χ2v) is 3.98. The Labute approximate surface area is 90.0 Å². The number of allylic oxidation sites excluding steroid dienone is 2. The molecule has 0 aliphatic heterocycles. The molecule has 0 heterocycles. The van der Waals surface area contributed by atoms with Gasteiger partial charge in [-0.3, -0.25) is 4.79 Å². The van der Waals surface area contributed by atoms with Crippen LogP contribution in [0, 0.1) is 6.92 Å². The van der Waals surface area contributed by atoms with Gasteiger partial charge in [0.25, 0.3) is 0 Å². The number of hydrogen-bond acceptors (Lipinski definition) is 2. The highest BCUT2D eigenvalue weighted by molar-refractivity contribution is 5.91. The van der Waals surface area contributed by atoms with Gasteiger partial charge in [0.05, 0.1) is 0 Å². The molecular weight excluding hydrogens is 186 g/mol. The Balaban J connectivity index is 2.11. The first kappa shape index (κ1) is 9.97. The molecule has 0 atom stereocenters. The van der Waals surface area contributed by atoms with Crippen molar-refractivity contribution >= 4 is 11.5 Å². The van der Waals surface area contributed by atoms with Gasteiger partial charge in [0.1, 0.15) is 0 Å². The SMILES string of the molecule is Cc1cccc(NC2=CC(=O)CCC2)c1. The lowest BCUT2D eigenvalue weighted by Crippen LogP contribution is -2.09. The van der Waals surface area contributed by atoms with Crippen LogP contribution in [0.15, 0.2) is 36.0 Å². The van der Waals surface area contributed by atoms with Crippen molar-refractivity contribution < 1.29 is 4.79 Å². The number of carbonyl (C=O) groups excluding carboxylic acids is 1. The highest BCUT2D eigenvalue weighted by Gasteiger charge is 2.09. The normalized spacial score (nSPS) is 16.1. The van der Waals surface area contributed by atoms with E-state index in [1.54, 1.807) is 6.08 Å².